The number of rotatable bonds is 6. The molecular formula is C16H18N2O3. The quantitative estimate of drug-likeness (QED) is 0.827. The third-order valence-electron chi connectivity index (χ3n) is 2.77. The van der Waals surface area contributed by atoms with Gasteiger partial charge in [-0.3, -0.25) is 0 Å². The minimum atomic E-state index is -0.382. The number of carbonyl (C=O) groups excluding carboxylic acids is 1. The van der Waals surface area contributed by atoms with Crippen LogP contribution in [0.25, 0.3) is 0 Å². The van der Waals surface area contributed by atoms with Crippen LogP contribution in [0.2, 0.25) is 0 Å². The van der Waals surface area contributed by atoms with Gasteiger partial charge < -0.3 is 14.8 Å². The van der Waals surface area contributed by atoms with Crippen molar-refractivity contribution in [3.8, 4) is 11.6 Å². The van der Waals surface area contributed by atoms with Gasteiger partial charge in [-0.15, -0.1) is 0 Å². The minimum Gasteiger partial charge on any atom is -0.462 e. The van der Waals surface area contributed by atoms with Crippen LogP contribution in [0.5, 0.6) is 11.6 Å². The Labute approximate surface area is 123 Å². The maximum Gasteiger partial charge on any atom is 0.339 e. The summed E-state index contributed by atoms with van der Waals surface area (Å²) in [6.45, 7) is 2.92. The van der Waals surface area contributed by atoms with Crippen LogP contribution < -0.4 is 10.1 Å². The van der Waals surface area contributed by atoms with Crippen molar-refractivity contribution < 1.29 is 14.3 Å². The van der Waals surface area contributed by atoms with E-state index in [1.54, 1.807) is 19.1 Å². The summed E-state index contributed by atoms with van der Waals surface area (Å²) in [5, 5.41) is 3.08. The van der Waals surface area contributed by atoms with Crippen LogP contribution in [-0.2, 0) is 11.3 Å². The van der Waals surface area contributed by atoms with E-state index in [0.29, 0.717) is 23.8 Å². The SMILES string of the molecule is CCOC(=O)c1ccc(Oc2ccc(CNC)cc2)nc1. The van der Waals surface area contributed by atoms with Gasteiger partial charge in [-0.05, 0) is 37.7 Å². The Balaban J connectivity index is 2.01. The standard InChI is InChI=1S/C16H18N2O3/c1-3-20-16(19)13-6-9-15(18-11-13)21-14-7-4-12(5-8-14)10-17-2/h4-9,11,17H,3,10H2,1-2H3. The summed E-state index contributed by atoms with van der Waals surface area (Å²) in [7, 11) is 1.90. The zero-order valence-corrected chi connectivity index (χ0v) is 12.1. The molecule has 0 fully saturated rings. The number of hydrogen-bond donors (Lipinski definition) is 1. The van der Waals surface area contributed by atoms with Gasteiger partial charge in [0.25, 0.3) is 0 Å². The summed E-state index contributed by atoms with van der Waals surface area (Å²) in [4.78, 5) is 15.6. The molecule has 2 rings (SSSR count). The fraction of sp³-hybridized carbons (Fsp3) is 0.250. The summed E-state index contributed by atoms with van der Waals surface area (Å²) in [5.74, 6) is 0.753. The summed E-state index contributed by atoms with van der Waals surface area (Å²) in [6, 6.07) is 11.0. The lowest BCUT2D eigenvalue weighted by molar-refractivity contribution is 0.0526. The molecule has 110 valence electrons. The molecule has 0 bridgehead atoms. The number of aromatic nitrogens is 1. The first-order chi connectivity index (χ1) is 10.2. The monoisotopic (exact) mass is 286 g/mol. The minimum absolute atomic E-state index is 0.343. The Morgan fingerprint density at radius 3 is 2.52 bits per heavy atom. The third kappa shape index (κ3) is 4.29. The van der Waals surface area contributed by atoms with Gasteiger partial charge in [-0.25, -0.2) is 9.78 Å². The van der Waals surface area contributed by atoms with Crippen molar-refractivity contribution in [3.63, 3.8) is 0 Å². The normalized spacial score (nSPS) is 10.2. The van der Waals surface area contributed by atoms with Crippen LogP contribution in [0.4, 0.5) is 0 Å². The second kappa shape index (κ2) is 7.40. The van der Waals surface area contributed by atoms with Gasteiger partial charge in [0.1, 0.15) is 5.75 Å². The summed E-state index contributed by atoms with van der Waals surface area (Å²) in [5.41, 5.74) is 1.59. The molecule has 1 aromatic heterocycles. The highest BCUT2D eigenvalue weighted by atomic mass is 16.5. The Kier molecular flexibility index (Phi) is 5.29. The number of benzene rings is 1. The Bertz CT molecular complexity index is 579. The predicted molar refractivity (Wildman–Crippen MR) is 79.5 cm³/mol. The first-order valence-corrected chi connectivity index (χ1v) is 6.77. The van der Waals surface area contributed by atoms with Gasteiger partial charge in [0.15, 0.2) is 0 Å². The molecule has 0 aliphatic carbocycles. The molecule has 0 atom stereocenters. The van der Waals surface area contributed by atoms with Crippen molar-refractivity contribution in [1.82, 2.24) is 10.3 Å². The lowest BCUT2D eigenvalue weighted by Gasteiger charge is -2.06. The van der Waals surface area contributed by atoms with Crippen molar-refractivity contribution >= 4 is 5.97 Å². The predicted octanol–water partition coefficient (Wildman–Crippen LogP) is 2.77. The number of ether oxygens (including phenoxy) is 2. The van der Waals surface area contributed by atoms with Gasteiger partial charge in [-0.1, -0.05) is 12.1 Å². The molecule has 21 heavy (non-hydrogen) atoms. The number of esters is 1. The van der Waals surface area contributed by atoms with Gasteiger partial charge in [-0.2, -0.15) is 0 Å². The molecule has 5 heteroatoms. The molecule has 0 aliphatic rings. The fourth-order valence-corrected chi connectivity index (χ4v) is 1.78. The van der Waals surface area contributed by atoms with Gasteiger partial charge in [0.05, 0.1) is 12.2 Å². The van der Waals surface area contributed by atoms with E-state index in [1.807, 2.05) is 31.3 Å². The molecule has 1 aromatic carbocycles. The van der Waals surface area contributed by atoms with E-state index in [2.05, 4.69) is 10.3 Å². The zero-order valence-electron chi connectivity index (χ0n) is 12.1. The highest BCUT2D eigenvalue weighted by molar-refractivity contribution is 5.89. The van der Waals surface area contributed by atoms with E-state index < -0.39 is 0 Å². The zero-order chi connectivity index (χ0) is 15.1. The largest absolute Gasteiger partial charge is 0.462 e. The number of nitrogens with zero attached hydrogens (tertiary/aromatic N) is 1. The number of carbonyl (C=O) groups is 1. The molecule has 0 amide bonds. The third-order valence-corrected chi connectivity index (χ3v) is 2.77. The molecule has 0 saturated carbocycles. The van der Waals surface area contributed by atoms with Gasteiger partial charge in [0.2, 0.25) is 5.88 Å². The lowest BCUT2D eigenvalue weighted by atomic mass is 10.2. The molecule has 0 unspecified atom stereocenters. The van der Waals surface area contributed by atoms with E-state index >= 15 is 0 Å². The molecule has 2 aromatic rings. The van der Waals surface area contributed by atoms with Crippen LogP contribution in [0, 0.1) is 0 Å². The van der Waals surface area contributed by atoms with Crippen LogP contribution >= 0.6 is 0 Å². The van der Waals surface area contributed by atoms with E-state index in [-0.39, 0.29) is 5.97 Å². The first kappa shape index (κ1) is 15.0. The smallest absolute Gasteiger partial charge is 0.339 e. The molecule has 5 nitrogen and oxygen atoms in total. The number of hydrogen-bond acceptors (Lipinski definition) is 5. The van der Waals surface area contributed by atoms with Crippen LogP contribution in [0.3, 0.4) is 0 Å². The second-order valence-corrected chi connectivity index (χ2v) is 4.38. The van der Waals surface area contributed by atoms with Crippen molar-refractivity contribution in [2.75, 3.05) is 13.7 Å². The average Bonchev–Trinajstić information content (AvgIpc) is 2.50. The highest BCUT2D eigenvalue weighted by Gasteiger charge is 2.07. The summed E-state index contributed by atoms with van der Waals surface area (Å²) < 4.78 is 10.5. The van der Waals surface area contributed by atoms with Crippen LogP contribution in [0.15, 0.2) is 42.6 Å². The highest BCUT2D eigenvalue weighted by Crippen LogP contribution is 2.20. The van der Waals surface area contributed by atoms with Crippen molar-refractivity contribution in [3.05, 3.63) is 53.7 Å². The van der Waals surface area contributed by atoms with Crippen molar-refractivity contribution in [1.29, 1.82) is 0 Å². The second-order valence-electron chi connectivity index (χ2n) is 4.38. The van der Waals surface area contributed by atoms with Gasteiger partial charge >= 0.3 is 5.97 Å². The van der Waals surface area contributed by atoms with Gasteiger partial charge in [0, 0.05) is 18.8 Å². The Morgan fingerprint density at radius 2 is 1.95 bits per heavy atom. The molecule has 1 heterocycles. The molecular weight excluding hydrogens is 268 g/mol. The molecule has 0 saturated heterocycles. The Hall–Kier alpha value is -2.40. The topological polar surface area (TPSA) is 60.5 Å². The maximum absolute atomic E-state index is 11.5. The van der Waals surface area contributed by atoms with E-state index in [9.17, 15) is 4.79 Å². The fourth-order valence-electron chi connectivity index (χ4n) is 1.78. The average molecular weight is 286 g/mol. The summed E-state index contributed by atoms with van der Waals surface area (Å²) >= 11 is 0. The Morgan fingerprint density at radius 1 is 1.19 bits per heavy atom. The van der Waals surface area contributed by atoms with Crippen molar-refractivity contribution in [2.45, 2.75) is 13.5 Å². The first-order valence-electron chi connectivity index (χ1n) is 6.77. The summed E-state index contributed by atoms with van der Waals surface area (Å²) in [6.07, 6.45) is 1.45. The van der Waals surface area contributed by atoms with E-state index in [1.165, 1.54) is 11.8 Å². The molecule has 0 spiro atoms. The van der Waals surface area contributed by atoms with Crippen LogP contribution in [-0.4, -0.2) is 24.6 Å². The van der Waals surface area contributed by atoms with E-state index in [0.717, 1.165) is 6.54 Å². The number of pyridine rings is 1. The molecule has 1 N–H and O–H groups in total. The molecule has 0 radical (unpaired) electrons. The van der Waals surface area contributed by atoms with Crippen LogP contribution in [0.1, 0.15) is 22.8 Å². The molecule has 0 aliphatic heterocycles. The maximum atomic E-state index is 11.5. The number of nitrogens with one attached hydrogen (secondary N) is 1. The van der Waals surface area contributed by atoms with E-state index in [4.69, 9.17) is 9.47 Å². The van der Waals surface area contributed by atoms with Crippen molar-refractivity contribution in [2.24, 2.45) is 0 Å². The lowest BCUT2D eigenvalue weighted by Crippen LogP contribution is -2.05.